The summed E-state index contributed by atoms with van der Waals surface area (Å²) in [7, 11) is 0. The van der Waals surface area contributed by atoms with E-state index >= 15 is 0 Å². The molecule has 1 fully saturated rings. The molecular weight excluding hydrogens is 377 g/mol. The van der Waals surface area contributed by atoms with Gasteiger partial charge in [0.05, 0.1) is 30.4 Å². The van der Waals surface area contributed by atoms with E-state index in [0.717, 1.165) is 31.0 Å². The lowest BCUT2D eigenvalue weighted by Crippen LogP contribution is -2.15. The molecule has 150 valence electrons. The van der Waals surface area contributed by atoms with Gasteiger partial charge in [-0.15, -0.1) is 0 Å². The van der Waals surface area contributed by atoms with Crippen LogP contribution in [0.15, 0.2) is 28.9 Å². The van der Waals surface area contributed by atoms with Gasteiger partial charge in [-0.25, -0.2) is 0 Å². The third-order valence-electron chi connectivity index (χ3n) is 4.33. The molecule has 0 amide bonds. The molecule has 1 heterocycles. The minimum atomic E-state index is -4.56. The second kappa shape index (κ2) is 8.04. The molecule has 1 N–H and O–H groups in total. The Hall–Kier alpha value is -2.84. The molecule has 0 radical (unpaired) electrons. The van der Waals surface area contributed by atoms with Crippen LogP contribution in [-0.4, -0.2) is 30.1 Å². The van der Waals surface area contributed by atoms with Crippen LogP contribution >= 0.6 is 0 Å². The maximum absolute atomic E-state index is 13.1. The molecule has 0 aliphatic heterocycles. The quantitative estimate of drug-likeness (QED) is 0.533. The second-order valence-corrected chi connectivity index (χ2v) is 6.45. The first kappa shape index (κ1) is 19.9. The lowest BCUT2D eigenvalue weighted by atomic mass is 9.99. The highest BCUT2D eigenvalue weighted by molar-refractivity contribution is 6.13. The van der Waals surface area contributed by atoms with Crippen LogP contribution in [0.25, 0.3) is 0 Å². The Balaban J connectivity index is 1.87. The number of hydrogen-bond donors (Lipinski definition) is 1. The van der Waals surface area contributed by atoms with Gasteiger partial charge in [-0.3, -0.25) is 9.59 Å². The zero-order valence-corrected chi connectivity index (χ0v) is 15.1. The van der Waals surface area contributed by atoms with Gasteiger partial charge in [-0.05, 0) is 38.0 Å². The molecule has 1 aromatic heterocycles. The molecular formula is C19H19F3N2O4. The van der Waals surface area contributed by atoms with Crippen molar-refractivity contribution in [3.63, 3.8) is 0 Å². The van der Waals surface area contributed by atoms with Crippen LogP contribution in [0.5, 0.6) is 0 Å². The topological polar surface area (TPSA) is 81.4 Å². The van der Waals surface area contributed by atoms with Crippen LogP contribution in [0.3, 0.4) is 0 Å². The number of halogens is 3. The summed E-state index contributed by atoms with van der Waals surface area (Å²) in [5.74, 6) is -0.376. The first-order valence-corrected chi connectivity index (χ1v) is 8.91. The largest absolute Gasteiger partial charge is 0.466 e. The van der Waals surface area contributed by atoms with Gasteiger partial charge in [0.25, 0.3) is 0 Å². The standard InChI is InChI=1S/C19H19F3N2O4/c1-2-27-16(25)7-8-23-15-9-12(19(20,21)22)5-6-13(15)17(26)14-10-24-28-18(14)11-3-4-11/h5-6,9-11,23H,2-4,7-8H2,1H3. The lowest BCUT2D eigenvalue weighted by molar-refractivity contribution is -0.142. The number of nitrogens with zero attached hydrogens (tertiary/aromatic N) is 1. The number of aromatic nitrogens is 1. The van der Waals surface area contributed by atoms with Crippen molar-refractivity contribution in [3.05, 3.63) is 46.8 Å². The zero-order valence-electron chi connectivity index (χ0n) is 15.1. The predicted molar refractivity (Wildman–Crippen MR) is 93.1 cm³/mol. The van der Waals surface area contributed by atoms with Gasteiger partial charge in [-0.1, -0.05) is 5.16 Å². The van der Waals surface area contributed by atoms with Gasteiger partial charge in [0, 0.05) is 23.7 Å². The summed E-state index contributed by atoms with van der Waals surface area (Å²) in [6.45, 7) is 1.90. The molecule has 3 rings (SSSR count). The maximum atomic E-state index is 13.1. The van der Waals surface area contributed by atoms with E-state index in [2.05, 4.69) is 10.5 Å². The van der Waals surface area contributed by atoms with E-state index in [1.165, 1.54) is 6.20 Å². The van der Waals surface area contributed by atoms with Crippen LogP contribution < -0.4 is 5.32 Å². The number of rotatable bonds is 8. The number of ketones is 1. The Morgan fingerprint density at radius 1 is 1.29 bits per heavy atom. The van der Waals surface area contributed by atoms with Crippen molar-refractivity contribution in [2.24, 2.45) is 0 Å². The minimum Gasteiger partial charge on any atom is -0.466 e. The van der Waals surface area contributed by atoms with Crippen molar-refractivity contribution >= 4 is 17.4 Å². The van der Waals surface area contributed by atoms with E-state index in [0.29, 0.717) is 5.76 Å². The number of nitrogens with one attached hydrogen (secondary N) is 1. The van der Waals surface area contributed by atoms with E-state index < -0.39 is 23.5 Å². The number of carbonyl (C=O) groups is 2. The van der Waals surface area contributed by atoms with Crippen LogP contribution in [0.2, 0.25) is 0 Å². The smallest absolute Gasteiger partial charge is 0.416 e. The number of alkyl halides is 3. The number of carbonyl (C=O) groups excluding carboxylic acids is 2. The maximum Gasteiger partial charge on any atom is 0.416 e. The molecule has 6 nitrogen and oxygen atoms in total. The number of anilines is 1. The first-order valence-electron chi connectivity index (χ1n) is 8.91. The average molecular weight is 396 g/mol. The van der Waals surface area contributed by atoms with Crippen LogP contribution in [-0.2, 0) is 15.7 Å². The number of esters is 1. The summed E-state index contributed by atoms with van der Waals surface area (Å²) in [6, 6.07) is 2.85. The summed E-state index contributed by atoms with van der Waals surface area (Å²) in [6.07, 6.45) is -1.55. The lowest BCUT2D eigenvalue weighted by Gasteiger charge is -2.14. The van der Waals surface area contributed by atoms with Crippen molar-refractivity contribution in [2.75, 3.05) is 18.5 Å². The summed E-state index contributed by atoms with van der Waals surface area (Å²) in [5, 5.41) is 6.41. The summed E-state index contributed by atoms with van der Waals surface area (Å²) in [5.41, 5.74) is -0.597. The molecule has 0 bridgehead atoms. The Morgan fingerprint density at radius 2 is 2.04 bits per heavy atom. The Kier molecular flexibility index (Phi) is 5.71. The molecule has 1 aromatic carbocycles. The average Bonchev–Trinajstić information content (AvgIpc) is 3.37. The van der Waals surface area contributed by atoms with Crippen molar-refractivity contribution < 1.29 is 32.0 Å². The van der Waals surface area contributed by atoms with Crippen molar-refractivity contribution in [2.45, 2.75) is 38.3 Å². The van der Waals surface area contributed by atoms with Crippen LogP contribution in [0.1, 0.15) is 59.3 Å². The third kappa shape index (κ3) is 4.52. The van der Waals surface area contributed by atoms with Crippen molar-refractivity contribution in [1.29, 1.82) is 0 Å². The molecule has 28 heavy (non-hydrogen) atoms. The van der Waals surface area contributed by atoms with Gasteiger partial charge in [-0.2, -0.15) is 13.2 Å². The Labute approximate surface area is 159 Å². The molecule has 1 aliphatic rings. The van der Waals surface area contributed by atoms with E-state index in [-0.39, 0.29) is 42.3 Å². The normalized spacial score (nSPS) is 14.0. The third-order valence-corrected chi connectivity index (χ3v) is 4.33. The number of benzene rings is 1. The Morgan fingerprint density at radius 3 is 2.68 bits per heavy atom. The fourth-order valence-electron chi connectivity index (χ4n) is 2.80. The number of hydrogen-bond acceptors (Lipinski definition) is 6. The van der Waals surface area contributed by atoms with Crippen LogP contribution in [0.4, 0.5) is 18.9 Å². The first-order chi connectivity index (χ1) is 13.3. The van der Waals surface area contributed by atoms with Crippen LogP contribution in [0, 0.1) is 0 Å². The highest BCUT2D eigenvalue weighted by Gasteiger charge is 2.35. The van der Waals surface area contributed by atoms with E-state index in [9.17, 15) is 22.8 Å². The summed E-state index contributed by atoms with van der Waals surface area (Å²) in [4.78, 5) is 24.4. The van der Waals surface area contributed by atoms with Gasteiger partial charge in [0.2, 0.25) is 0 Å². The fourth-order valence-corrected chi connectivity index (χ4v) is 2.80. The van der Waals surface area contributed by atoms with Gasteiger partial charge in [0.15, 0.2) is 11.5 Å². The van der Waals surface area contributed by atoms with Gasteiger partial charge < -0.3 is 14.6 Å². The molecule has 1 aliphatic carbocycles. The minimum absolute atomic E-state index is 0.00734. The molecule has 9 heteroatoms. The molecule has 0 atom stereocenters. The molecule has 2 aromatic rings. The highest BCUT2D eigenvalue weighted by Crippen LogP contribution is 2.42. The van der Waals surface area contributed by atoms with E-state index in [1.54, 1.807) is 6.92 Å². The SMILES string of the molecule is CCOC(=O)CCNc1cc(C(F)(F)F)ccc1C(=O)c1cnoc1C1CC1. The highest BCUT2D eigenvalue weighted by atomic mass is 19.4. The van der Waals surface area contributed by atoms with E-state index in [4.69, 9.17) is 9.26 Å². The summed E-state index contributed by atoms with van der Waals surface area (Å²) >= 11 is 0. The second-order valence-electron chi connectivity index (χ2n) is 6.45. The molecule has 0 unspecified atom stereocenters. The number of ether oxygens (including phenoxy) is 1. The van der Waals surface area contributed by atoms with Gasteiger partial charge in [0.1, 0.15) is 0 Å². The van der Waals surface area contributed by atoms with Crippen molar-refractivity contribution in [1.82, 2.24) is 5.16 Å². The Bertz CT molecular complexity index is 872. The summed E-state index contributed by atoms with van der Waals surface area (Å²) < 4.78 is 49.2. The molecule has 0 saturated heterocycles. The van der Waals surface area contributed by atoms with Crippen molar-refractivity contribution in [3.8, 4) is 0 Å². The van der Waals surface area contributed by atoms with E-state index in [1.807, 2.05) is 0 Å². The fraction of sp³-hybridized carbons (Fsp3) is 0.421. The molecule has 0 spiro atoms. The van der Waals surface area contributed by atoms with Gasteiger partial charge >= 0.3 is 12.1 Å². The zero-order chi connectivity index (χ0) is 20.3. The monoisotopic (exact) mass is 396 g/mol. The predicted octanol–water partition coefficient (Wildman–Crippen LogP) is 4.17. The molecule has 1 saturated carbocycles.